The lowest BCUT2D eigenvalue weighted by Gasteiger charge is -2.11. The van der Waals surface area contributed by atoms with Crippen LogP contribution in [0.25, 0.3) is 0 Å². The van der Waals surface area contributed by atoms with Crippen LogP contribution in [0.3, 0.4) is 0 Å². The summed E-state index contributed by atoms with van der Waals surface area (Å²) in [6, 6.07) is 7.24. The number of hydrogen-bond donors (Lipinski definition) is 0. The molecule has 0 N–H and O–H groups in total. The Bertz CT molecular complexity index is 310. The predicted octanol–water partition coefficient (Wildman–Crippen LogP) is 4.86. The van der Waals surface area contributed by atoms with Crippen LogP contribution in [0, 0.1) is 6.92 Å². The number of alkyl halides is 4. The van der Waals surface area contributed by atoms with E-state index in [1.165, 1.54) is 0 Å². The van der Waals surface area contributed by atoms with E-state index >= 15 is 0 Å². The molecule has 15 heavy (non-hydrogen) atoms. The van der Waals surface area contributed by atoms with Gasteiger partial charge in [0, 0.05) is 4.90 Å². The van der Waals surface area contributed by atoms with E-state index in [9.17, 15) is 13.2 Å². The van der Waals surface area contributed by atoms with E-state index in [0.29, 0.717) is 10.8 Å². The molecule has 0 nitrogen and oxygen atoms in total. The Labute approximate surface area is 99.0 Å². The summed E-state index contributed by atoms with van der Waals surface area (Å²) in [5, 5.41) is 0. The minimum atomic E-state index is -4.36. The Balaban J connectivity index is 2.47. The van der Waals surface area contributed by atoms with Gasteiger partial charge in [0.25, 0.3) is 0 Å². The molecule has 0 aliphatic rings. The van der Waals surface area contributed by atoms with Crippen molar-refractivity contribution in [2.24, 2.45) is 0 Å². The molecular weight excluding hydrogens is 265 g/mol. The molecule has 0 spiro atoms. The molecule has 0 aromatic heterocycles. The zero-order chi connectivity index (χ0) is 11.5. The van der Waals surface area contributed by atoms with Gasteiger partial charge in [-0.3, -0.25) is 0 Å². The van der Waals surface area contributed by atoms with E-state index in [4.69, 9.17) is 11.6 Å². The lowest BCUT2D eigenvalue weighted by Crippen LogP contribution is -2.18. The van der Waals surface area contributed by atoms with Crippen molar-refractivity contribution in [2.45, 2.75) is 22.7 Å². The van der Waals surface area contributed by atoms with Gasteiger partial charge in [0.2, 0.25) is 0 Å². The molecule has 0 aliphatic heterocycles. The first-order valence-electron chi connectivity index (χ1n) is 4.00. The van der Waals surface area contributed by atoms with Crippen molar-refractivity contribution in [1.82, 2.24) is 0 Å². The van der Waals surface area contributed by atoms with Crippen LogP contribution in [-0.4, -0.2) is 10.9 Å². The molecule has 0 saturated heterocycles. The van der Waals surface area contributed by atoms with E-state index < -0.39 is 10.9 Å². The molecule has 0 amide bonds. The average Bonchev–Trinajstić information content (AvgIpc) is 2.15. The van der Waals surface area contributed by atoms with Crippen LogP contribution in [0.15, 0.2) is 29.2 Å². The van der Waals surface area contributed by atoms with Gasteiger partial charge in [0.15, 0.2) is 4.71 Å². The highest BCUT2D eigenvalue weighted by molar-refractivity contribution is 8.77. The number of rotatable bonds is 3. The first-order chi connectivity index (χ1) is 6.89. The second kappa shape index (κ2) is 5.37. The van der Waals surface area contributed by atoms with Crippen molar-refractivity contribution in [3.8, 4) is 0 Å². The highest BCUT2D eigenvalue weighted by atomic mass is 35.5. The van der Waals surface area contributed by atoms with Gasteiger partial charge in [-0.25, -0.2) is 0 Å². The Kier molecular flexibility index (Phi) is 4.67. The fourth-order valence-electron chi connectivity index (χ4n) is 0.746. The van der Waals surface area contributed by atoms with Crippen molar-refractivity contribution in [2.75, 3.05) is 0 Å². The molecule has 6 heteroatoms. The Morgan fingerprint density at radius 1 is 1.20 bits per heavy atom. The van der Waals surface area contributed by atoms with E-state index in [2.05, 4.69) is 0 Å². The van der Waals surface area contributed by atoms with Crippen LogP contribution < -0.4 is 0 Å². The van der Waals surface area contributed by atoms with Gasteiger partial charge in [-0.05, 0) is 19.1 Å². The summed E-state index contributed by atoms with van der Waals surface area (Å²) in [5.41, 5.74) is 1.07. The topological polar surface area (TPSA) is 0 Å². The van der Waals surface area contributed by atoms with Gasteiger partial charge in [-0.15, -0.1) is 11.6 Å². The smallest absolute Gasteiger partial charge is 0.168 e. The maximum Gasteiger partial charge on any atom is 0.414 e. The fraction of sp³-hybridized carbons (Fsp3) is 0.333. The zero-order valence-corrected chi connectivity index (χ0v) is 10.1. The Morgan fingerprint density at radius 3 is 2.20 bits per heavy atom. The first kappa shape index (κ1) is 13.1. The minimum Gasteiger partial charge on any atom is -0.168 e. The predicted molar refractivity (Wildman–Crippen MR) is 60.3 cm³/mol. The van der Waals surface area contributed by atoms with Gasteiger partial charge in [-0.2, -0.15) is 13.2 Å². The molecule has 0 fully saturated rings. The molecule has 1 unspecified atom stereocenters. The molecule has 0 heterocycles. The van der Waals surface area contributed by atoms with Crippen molar-refractivity contribution >= 4 is 33.2 Å². The standard InChI is InChI=1S/C9H8ClF3S2/c1-6-2-4-7(5-3-6)14-15-8(10)9(11,12)13/h2-5,8H,1H3. The molecule has 1 atom stereocenters. The summed E-state index contributed by atoms with van der Waals surface area (Å²) in [6.45, 7) is 1.92. The van der Waals surface area contributed by atoms with Gasteiger partial charge in [-0.1, -0.05) is 39.3 Å². The number of aryl methyl sites for hydroxylation is 1. The van der Waals surface area contributed by atoms with Crippen molar-refractivity contribution < 1.29 is 13.2 Å². The first-order valence-corrected chi connectivity index (χ1v) is 6.65. The van der Waals surface area contributed by atoms with E-state index in [0.717, 1.165) is 21.3 Å². The van der Waals surface area contributed by atoms with Crippen LogP contribution in [0.1, 0.15) is 5.56 Å². The molecule has 1 aromatic rings. The van der Waals surface area contributed by atoms with Crippen LogP contribution in [-0.2, 0) is 0 Å². The van der Waals surface area contributed by atoms with Crippen LogP contribution in [0.5, 0.6) is 0 Å². The summed E-state index contributed by atoms with van der Waals surface area (Å²) in [6.07, 6.45) is -4.36. The third-order valence-electron chi connectivity index (χ3n) is 1.51. The molecule has 1 aromatic carbocycles. The second-order valence-corrected chi connectivity index (χ2v) is 5.92. The van der Waals surface area contributed by atoms with E-state index in [1.54, 1.807) is 12.1 Å². The SMILES string of the molecule is Cc1ccc(SSC(Cl)C(F)(F)F)cc1. The van der Waals surface area contributed by atoms with E-state index in [-0.39, 0.29) is 0 Å². The second-order valence-electron chi connectivity index (χ2n) is 2.85. The van der Waals surface area contributed by atoms with Gasteiger partial charge in [0.05, 0.1) is 0 Å². The van der Waals surface area contributed by atoms with Crippen LogP contribution >= 0.6 is 33.2 Å². The quantitative estimate of drug-likeness (QED) is 0.569. The summed E-state index contributed by atoms with van der Waals surface area (Å²) >= 11 is 5.16. The minimum absolute atomic E-state index is 0.599. The van der Waals surface area contributed by atoms with Crippen molar-refractivity contribution in [3.63, 3.8) is 0 Å². The molecule has 0 radical (unpaired) electrons. The molecule has 0 saturated carbocycles. The summed E-state index contributed by atoms with van der Waals surface area (Å²) in [5.74, 6) is 0. The third kappa shape index (κ3) is 4.57. The number of halogens is 4. The summed E-state index contributed by atoms with van der Waals surface area (Å²) in [7, 11) is 1.63. The Hall–Kier alpha value is -0.000000000000000111. The molecule has 0 aliphatic carbocycles. The van der Waals surface area contributed by atoms with Gasteiger partial charge >= 0.3 is 6.18 Å². The number of benzene rings is 1. The maximum atomic E-state index is 12.0. The highest BCUT2D eigenvalue weighted by Crippen LogP contribution is 2.43. The summed E-state index contributed by atoms with van der Waals surface area (Å²) < 4.78 is 34.3. The molecular formula is C9H8ClF3S2. The molecule has 84 valence electrons. The van der Waals surface area contributed by atoms with Gasteiger partial charge in [0.1, 0.15) is 0 Å². The summed E-state index contributed by atoms with van der Waals surface area (Å²) in [4.78, 5) is 0.764. The van der Waals surface area contributed by atoms with Crippen molar-refractivity contribution in [3.05, 3.63) is 29.8 Å². The van der Waals surface area contributed by atoms with E-state index in [1.807, 2.05) is 19.1 Å². The van der Waals surface area contributed by atoms with Crippen LogP contribution in [0.2, 0.25) is 0 Å². The maximum absolute atomic E-state index is 12.0. The third-order valence-corrected chi connectivity index (χ3v) is 4.78. The lowest BCUT2D eigenvalue weighted by molar-refractivity contribution is -0.113. The monoisotopic (exact) mass is 272 g/mol. The number of hydrogen-bond acceptors (Lipinski definition) is 2. The Morgan fingerprint density at radius 2 is 1.73 bits per heavy atom. The van der Waals surface area contributed by atoms with Crippen LogP contribution in [0.4, 0.5) is 13.2 Å². The fourth-order valence-corrected chi connectivity index (χ4v) is 2.87. The largest absolute Gasteiger partial charge is 0.414 e. The normalized spacial score (nSPS) is 13.9. The lowest BCUT2D eigenvalue weighted by atomic mass is 10.2. The molecule has 1 rings (SSSR count). The zero-order valence-electron chi connectivity index (χ0n) is 7.72. The highest BCUT2D eigenvalue weighted by Gasteiger charge is 2.38. The molecule has 0 bridgehead atoms. The van der Waals surface area contributed by atoms with Crippen molar-refractivity contribution in [1.29, 1.82) is 0 Å². The average molecular weight is 273 g/mol. The van der Waals surface area contributed by atoms with Gasteiger partial charge < -0.3 is 0 Å².